The zero-order valence-corrected chi connectivity index (χ0v) is 14.7. The summed E-state index contributed by atoms with van der Waals surface area (Å²) in [7, 11) is 0. The Morgan fingerprint density at radius 1 is 1.14 bits per heavy atom. The van der Waals surface area contributed by atoms with Crippen molar-refractivity contribution in [3.8, 4) is 11.4 Å². The highest BCUT2D eigenvalue weighted by Gasteiger charge is 2.45. The molecule has 2 aromatic heterocycles. The van der Waals surface area contributed by atoms with Crippen LogP contribution in [0.15, 0.2) is 30.6 Å². The van der Waals surface area contributed by atoms with Gasteiger partial charge in [0.25, 0.3) is 0 Å². The van der Waals surface area contributed by atoms with Gasteiger partial charge in [-0.2, -0.15) is 13.2 Å². The van der Waals surface area contributed by atoms with Gasteiger partial charge in [-0.1, -0.05) is 18.2 Å². The van der Waals surface area contributed by atoms with Gasteiger partial charge >= 0.3 is 6.18 Å². The van der Waals surface area contributed by atoms with Crippen LogP contribution in [0.5, 0.6) is 0 Å². The fraction of sp³-hybridized carbons (Fsp3) is 0.353. The number of hydrogen-bond acceptors (Lipinski definition) is 8. The molecule has 0 radical (unpaired) electrons. The molecule has 4 atom stereocenters. The summed E-state index contributed by atoms with van der Waals surface area (Å²) >= 11 is 0. The number of imidazole rings is 1. The average molecular weight is 411 g/mol. The molecule has 0 saturated carbocycles. The molecule has 0 spiro atoms. The summed E-state index contributed by atoms with van der Waals surface area (Å²) < 4.78 is 47.4. The molecule has 0 amide bonds. The van der Waals surface area contributed by atoms with Crippen LogP contribution in [0.1, 0.15) is 11.8 Å². The average Bonchev–Trinajstić information content (AvgIpc) is 3.20. The van der Waals surface area contributed by atoms with Gasteiger partial charge in [-0.05, 0) is 6.07 Å². The van der Waals surface area contributed by atoms with Crippen LogP contribution in [-0.2, 0) is 10.9 Å². The maximum atomic E-state index is 13.6. The van der Waals surface area contributed by atoms with E-state index in [0.29, 0.717) is 0 Å². The number of nitrogens with two attached hydrogens (primary N) is 1. The van der Waals surface area contributed by atoms with Crippen LogP contribution in [0.4, 0.5) is 19.0 Å². The van der Waals surface area contributed by atoms with Crippen LogP contribution < -0.4 is 5.73 Å². The fourth-order valence-corrected chi connectivity index (χ4v) is 3.38. The molecule has 3 heterocycles. The van der Waals surface area contributed by atoms with E-state index in [0.717, 1.165) is 17.0 Å². The first kappa shape index (κ1) is 19.5. The maximum absolute atomic E-state index is 13.6. The van der Waals surface area contributed by atoms with E-state index in [-0.39, 0.29) is 28.4 Å². The summed E-state index contributed by atoms with van der Waals surface area (Å²) in [6.45, 7) is -0.604. The lowest BCUT2D eigenvalue weighted by atomic mass is 10.1. The number of aliphatic hydroxyl groups excluding tert-OH is 3. The molecular formula is C17H16F3N5O4. The highest BCUT2D eigenvalue weighted by molar-refractivity contribution is 5.85. The van der Waals surface area contributed by atoms with E-state index < -0.39 is 42.9 Å². The van der Waals surface area contributed by atoms with Gasteiger partial charge in [-0.3, -0.25) is 4.57 Å². The number of benzene rings is 1. The summed E-state index contributed by atoms with van der Waals surface area (Å²) in [5.41, 5.74) is 4.58. The number of halogens is 3. The zero-order valence-electron chi connectivity index (χ0n) is 14.7. The number of anilines is 1. The van der Waals surface area contributed by atoms with Gasteiger partial charge in [0.2, 0.25) is 0 Å². The lowest BCUT2D eigenvalue weighted by Gasteiger charge is -2.20. The predicted molar refractivity (Wildman–Crippen MR) is 93.2 cm³/mol. The SMILES string of the molecule is Nc1ncnc2c1nc(-c1ccccc1C(F)(F)F)n2C1OC(CO)C(O)C1O. The fourth-order valence-electron chi connectivity index (χ4n) is 3.38. The minimum Gasteiger partial charge on any atom is -0.394 e. The third-order valence-electron chi connectivity index (χ3n) is 4.75. The van der Waals surface area contributed by atoms with E-state index in [4.69, 9.17) is 10.5 Å². The van der Waals surface area contributed by atoms with E-state index in [2.05, 4.69) is 15.0 Å². The lowest BCUT2D eigenvalue weighted by Crippen LogP contribution is -2.33. The Bertz CT molecular complexity index is 1060. The molecule has 29 heavy (non-hydrogen) atoms. The molecule has 3 aromatic rings. The molecule has 5 N–H and O–H groups in total. The molecule has 154 valence electrons. The highest BCUT2D eigenvalue weighted by atomic mass is 19.4. The predicted octanol–water partition coefficient (Wildman–Crippen LogP) is 0.706. The van der Waals surface area contributed by atoms with Gasteiger partial charge in [0.1, 0.15) is 30.5 Å². The molecule has 4 rings (SSSR count). The molecule has 1 aliphatic rings. The van der Waals surface area contributed by atoms with Crippen molar-refractivity contribution in [3.05, 3.63) is 36.2 Å². The Hall–Kier alpha value is -2.80. The molecule has 4 unspecified atom stereocenters. The number of fused-ring (bicyclic) bond motifs is 1. The smallest absolute Gasteiger partial charge is 0.394 e. The van der Waals surface area contributed by atoms with Crippen molar-refractivity contribution in [1.29, 1.82) is 0 Å². The Morgan fingerprint density at radius 3 is 2.52 bits per heavy atom. The van der Waals surface area contributed by atoms with Gasteiger partial charge in [-0.15, -0.1) is 0 Å². The van der Waals surface area contributed by atoms with Crippen molar-refractivity contribution in [1.82, 2.24) is 19.5 Å². The highest BCUT2D eigenvalue weighted by Crippen LogP contribution is 2.41. The maximum Gasteiger partial charge on any atom is 0.417 e. The second kappa shape index (κ2) is 6.91. The molecule has 1 saturated heterocycles. The van der Waals surface area contributed by atoms with Crippen LogP contribution in [0.25, 0.3) is 22.6 Å². The van der Waals surface area contributed by atoms with Crippen LogP contribution in [0.3, 0.4) is 0 Å². The van der Waals surface area contributed by atoms with E-state index in [1.165, 1.54) is 18.2 Å². The first-order valence-electron chi connectivity index (χ1n) is 8.51. The van der Waals surface area contributed by atoms with Crippen LogP contribution >= 0.6 is 0 Å². The number of nitrogens with zero attached hydrogens (tertiary/aromatic N) is 4. The van der Waals surface area contributed by atoms with Crippen LogP contribution in [0, 0.1) is 0 Å². The zero-order chi connectivity index (χ0) is 20.9. The minimum atomic E-state index is -4.68. The molecule has 1 aliphatic heterocycles. The number of hydrogen-bond donors (Lipinski definition) is 4. The molecule has 1 fully saturated rings. The molecule has 0 bridgehead atoms. The number of nitrogen functional groups attached to an aromatic ring is 1. The van der Waals surface area contributed by atoms with E-state index in [1.807, 2.05) is 0 Å². The van der Waals surface area contributed by atoms with Gasteiger partial charge in [0.15, 0.2) is 23.2 Å². The number of ether oxygens (including phenoxy) is 1. The van der Waals surface area contributed by atoms with Crippen molar-refractivity contribution >= 4 is 17.0 Å². The van der Waals surface area contributed by atoms with E-state index in [1.54, 1.807) is 0 Å². The largest absolute Gasteiger partial charge is 0.417 e. The van der Waals surface area contributed by atoms with Gasteiger partial charge in [0, 0.05) is 5.56 Å². The lowest BCUT2D eigenvalue weighted by molar-refractivity contribution is -0.137. The number of aliphatic hydroxyl groups is 3. The monoisotopic (exact) mass is 411 g/mol. The summed E-state index contributed by atoms with van der Waals surface area (Å²) in [4.78, 5) is 12.0. The molecule has 9 nitrogen and oxygen atoms in total. The summed E-state index contributed by atoms with van der Waals surface area (Å²) in [6, 6.07) is 4.75. The van der Waals surface area contributed by atoms with Gasteiger partial charge in [0.05, 0.1) is 12.2 Å². The van der Waals surface area contributed by atoms with Crippen LogP contribution in [-0.4, -0.2) is 59.8 Å². The van der Waals surface area contributed by atoms with Gasteiger partial charge in [-0.25, -0.2) is 15.0 Å². The molecular weight excluding hydrogens is 395 g/mol. The quantitative estimate of drug-likeness (QED) is 0.494. The molecule has 12 heteroatoms. The summed E-state index contributed by atoms with van der Waals surface area (Å²) in [5.74, 6) is -0.304. The standard InChI is InChI=1S/C17H16F3N5O4/c18-17(19,20)8-4-2-1-3-7(8)14-24-10-13(21)22-6-23-15(10)25(14)16-12(28)11(27)9(5-26)29-16/h1-4,6,9,11-12,16,26-28H,5H2,(H2,21,22,23). The van der Waals surface area contributed by atoms with E-state index in [9.17, 15) is 28.5 Å². The first-order valence-corrected chi connectivity index (χ1v) is 8.51. The normalized spacial score (nSPS) is 25.0. The second-order valence-electron chi connectivity index (χ2n) is 6.51. The molecule has 1 aromatic carbocycles. The number of rotatable bonds is 3. The molecule has 0 aliphatic carbocycles. The Balaban J connectivity index is 2.00. The Kier molecular flexibility index (Phi) is 4.65. The number of aromatic nitrogens is 4. The number of alkyl halides is 3. The topological polar surface area (TPSA) is 140 Å². The summed E-state index contributed by atoms with van der Waals surface area (Å²) in [5, 5.41) is 29.9. The third kappa shape index (κ3) is 3.09. The first-order chi connectivity index (χ1) is 13.7. The van der Waals surface area contributed by atoms with Crippen LogP contribution in [0.2, 0.25) is 0 Å². The van der Waals surface area contributed by atoms with Crippen molar-refractivity contribution in [2.75, 3.05) is 12.3 Å². The second-order valence-corrected chi connectivity index (χ2v) is 6.51. The van der Waals surface area contributed by atoms with E-state index >= 15 is 0 Å². The Labute approximate surface area is 161 Å². The minimum absolute atomic E-state index is 0.0113. The third-order valence-corrected chi connectivity index (χ3v) is 4.75. The van der Waals surface area contributed by atoms with Crippen molar-refractivity contribution in [2.45, 2.75) is 30.7 Å². The van der Waals surface area contributed by atoms with Crippen molar-refractivity contribution < 1.29 is 33.2 Å². The summed E-state index contributed by atoms with van der Waals surface area (Å²) in [6.07, 6.45) is -9.12. The van der Waals surface area contributed by atoms with Crippen molar-refractivity contribution in [2.24, 2.45) is 0 Å². The Morgan fingerprint density at radius 2 is 1.86 bits per heavy atom. The van der Waals surface area contributed by atoms with Crippen molar-refractivity contribution in [3.63, 3.8) is 0 Å². The van der Waals surface area contributed by atoms with Gasteiger partial charge < -0.3 is 25.8 Å².